The second-order valence-electron chi connectivity index (χ2n) is 5.67. The van der Waals surface area contributed by atoms with Gasteiger partial charge in [0.15, 0.2) is 17.3 Å². The van der Waals surface area contributed by atoms with Gasteiger partial charge in [0.1, 0.15) is 5.75 Å². The van der Waals surface area contributed by atoms with Gasteiger partial charge >= 0.3 is 5.97 Å². The molecule has 0 amide bonds. The van der Waals surface area contributed by atoms with Gasteiger partial charge in [0.2, 0.25) is 5.76 Å². The molecular formula is C22H18O6. The molecule has 3 aromatic rings. The molecule has 28 heavy (non-hydrogen) atoms. The van der Waals surface area contributed by atoms with Crippen LogP contribution in [0.3, 0.4) is 0 Å². The maximum absolute atomic E-state index is 12.4. The number of esters is 1. The fourth-order valence-corrected chi connectivity index (χ4v) is 2.49. The molecule has 6 heteroatoms. The molecule has 0 unspecified atom stereocenters. The van der Waals surface area contributed by atoms with Crippen LogP contribution >= 0.6 is 0 Å². The van der Waals surface area contributed by atoms with Crippen LogP contribution in [0, 0.1) is 0 Å². The van der Waals surface area contributed by atoms with Crippen molar-refractivity contribution < 1.29 is 28.2 Å². The first kappa shape index (κ1) is 19.0. The van der Waals surface area contributed by atoms with E-state index >= 15 is 0 Å². The van der Waals surface area contributed by atoms with Gasteiger partial charge in [-0.15, -0.1) is 0 Å². The number of carbonyl (C=O) groups is 2. The van der Waals surface area contributed by atoms with Gasteiger partial charge in [0, 0.05) is 11.1 Å². The van der Waals surface area contributed by atoms with Crippen LogP contribution in [0.15, 0.2) is 71.4 Å². The molecule has 6 nitrogen and oxygen atoms in total. The third-order valence-electron chi connectivity index (χ3n) is 3.94. The lowest BCUT2D eigenvalue weighted by atomic mass is 10.1. The van der Waals surface area contributed by atoms with Crippen molar-refractivity contribution in [3.63, 3.8) is 0 Å². The van der Waals surface area contributed by atoms with E-state index in [1.54, 1.807) is 61.7 Å². The Morgan fingerprint density at radius 1 is 0.929 bits per heavy atom. The summed E-state index contributed by atoms with van der Waals surface area (Å²) < 4.78 is 20.9. The minimum atomic E-state index is -0.661. The van der Waals surface area contributed by atoms with Gasteiger partial charge in [0.25, 0.3) is 0 Å². The Kier molecular flexibility index (Phi) is 5.91. The fourth-order valence-electron chi connectivity index (χ4n) is 2.49. The second kappa shape index (κ2) is 8.73. The molecular weight excluding hydrogens is 360 g/mol. The van der Waals surface area contributed by atoms with E-state index in [0.717, 1.165) is 0 Å². The average Bonchev–Trinajstić information content (AvgIpc) is 3.27. The number of ether oxygens (including phenoxy) is 3. The zero-order valence-electron chi connectivity index (χ0n) is 15.4. The molecule has 1 aromatic heterocycles. The van der Waals surface area contributed by atoms with Crippen LogP contribution in [0.4, 0.5) is 0 Å². The van der Waals surface area contributed by atoms with E-state index in [2.05, 4.69) is 0 Å². The zero-order valence-corrected chi connectivity index (χ0v) is 15.4. The van der Waals surface area contributed by atoms with Crippen molar-refractivity contribution in [3.05, 3.63) is 83.8 Å². The predicted octanol–water partition coefficient (Wildman–Crippen LogP) is 4.41. The number of allylic oxidation sites excluding steroid dienone is 1. The van der Waals surface area contributed by atoms with Crippen molar-refractivity contribution in [3.8, 4) is 17.2 Å². The van der Waals surface area contributed by atoms with Crippen LogP contribution < -0.4 is 14.2 Å². The van der Waals surface area contributed by atoms with Crippen molar-refractivity contribution in [2.75, 3.05) is 14.2 Å². The summed E-state index contributed by atoms with van der Waals surface area (Å²) in [5.41, 5.74) is 1.02. The van der Waals surface area contributed by atoms with Gasteiger partial charge in [0.05, 0.1) is 20.5 Å². The molecule has 0 fully saturated rings. The van der Waals surface area contributed by atoms with E-state index in [1.807, 2.05) is 0 Å². The van der Waals surface area contributed by atoms with Crippen molar-refractivity contribution in [2.45, 2.75) is 0 Å². The van der Waals surface area contributed by atoms with Crippen molar-refractivity contribution >= 4 is 17.8 Å². The van der Waals surface area contributed by atoms with Gasteiger partial charge in [-0.3, -0.25) is 4.79 Å². The normalized spacial score (nSPS) is 10.6. The maximum atomic E-state index is 12.4. The Bertz CT molecular complexity index is 984. The highest BCUT2D eigenvalue weighted by Gasteiger charge is 2.17. The number of furan rings is 1. The highest BCUT2D eigenvalue weighted by Crippen LogP contribution is 2.33. The lowest BCUT2D eigenvalue weighted by molar-refractivity contribution is 0.0696. The number of rotatable bonds is 7. The third kappa shape index (κ3) is 4.29. The number of hydrogen-bond donors (Lipinski definition) is 0. The first-order chi connectivity index (χ1) is 13.6. The molecule has 0 saturated heterocycles. The molecule has 0 spiro atoms. The summed E-state index contributed by atoms with van der Waals surface area (Å²) in [4.78, 5) is 24.7. The van der Waals surface area contributed by atoms with E-state index < -0.39 is 5.97 Å². The topological polar surface area (TPSA) is 75.0 Å². The molecule has 3 rings (SSSR count). The summed E-state index contributed by atoms with van der Waals surface area (Å²) in [7, 11) is 3.03. The molecule has 2 aromatic carbocycles. The number of methoxy groups -OCH3 is 2. The Hall–Kier alpha value is -3.80. The summed E-state index contributed by atoms with van der Waals surface area (Å²) in [6, 6.07) is 15.0. The van der Waals surface area contributed by atoms with Gasteiger partial charge in [-0.05, 0) is 54.6 Å². The van der Waals surface area contributed by atoms with Gasteiger partial charge in [-0.2, -0.15) is 0 Å². The van der Waals surface area contributed by atoms with Crippen molar-refractivity contribution in [1.82, 2.24) is 0 Å². The first-order valence-electron chi connectivity index (χ1n) is 8.41. The predicted molar refractivity (Wildman–Crippen MR) is 103 cm³/mol. The summed E-state index contributed by atoms with van der Waals surface area (Å²) in [6.45, 7) is 0. The van der Waals surface area contributed by atoms with E-state index in [1.165, 1.54) is 25.5 Å². The number of hydrogen-bond acceptors (Lipinski definition) is 6. The van der Waals surface area contributed by atoms with Crippen molar-refractivity contribution in [1.29, 1.82) is 0 Å². The smallest absolute Gasteiger partial charge is 0.379 e. The lowest BCUT2D eigenvalue weighted by Crippen LogP contribution is -2.09. The molecule has 142 valence electrons. The Balaban J connectivity index is 1.85. The van der Waals surface area contributed by atoms with Crippen LogP contribution in [-0.4, -0.2) is 26.0 Å². The highest BCUT2D eigenvalue weighted by atomic mass is 16.6. The van der Waals surface area contributed by atoms with Crippen molar-refractivity contribution in [2.24, 2.45) is 0 Å². The van der Waals surface area contributed by atoms with E-state index in [-0.39, 0.29) is 17.3 Å². The first-order valence-corrected chi connectivity index (χ1v) is 8.41. The Morgan fingerprint density at radius 3 is 2.36 bits per heavy atom. The Morgan fingerprint density at radius 2 is 1.71 bits per heavy atom. The Labute approximate surface area is 162 Å². The summed E-state index contributed by atoms with van der Waals surface area (Å²) in [6.07, 6.45) is 4.35. The minimum Gasteiger partial charge on any atom is -0.497 e. The number of benzene rings is 2. The van der Waals surface area contributed by atoms with E-state index in [9.17, 15) is 9.59 Å². The van der Waals surface area contributed by atoms with Crippen LogP contribution in [0.25, 0.3) is 6.08 Å². The van der Waals surface area contributed by atoms with Crippen LogP contribution in [0.1, 0.15) is 26.5 Å². The highest BCUT2D eigenvalue weighted by molar-refractivity contribution is 6.07. The van der Waals surface area contributed by atoms with Gasteiger partial charge in [-0.25, -0.2) is 4.79 Å². The summed E-state index contributed by atoms with van der Waals surface area (Å²) in [5.74, 6) is 0.430. The molecule has 0 N–H and O–H groups in total. The number of para-hydroxylation sites is 1. The van der Waals surface area contributed by atoms with Crippen LogP contribution in [-0.2, 0) is 0 Å². The molecule has 0 bridgehead atoms. The van der Waals surface area contributed by atoms with E-state index in [0.29, 0.717) is 22.6 Å². The van der Waals surface area contributed by atoms with Gasteiger partial charge < -0.3 is 18.6 Å². The molecule has 0 atom stereocenters. The molecule has 0 aliphatic carbocycles. The summed E-state index contributed by atoms with van der Waals surface area (Å²) >= 11 is 0. The SMILES string of the molecule is COc1ccc(C(=O)C=Cc2cccc(OC)c2OC(=O)c2ccco2)cc1. The molecule has 0 aliphatic heterocycles. The molecule has 0 aliphatic rings. The quantitative estimate of drug-likeness (QED) is 0.262. The van der Waals surface area contributed by atoms with Crippen LogP contribution in [0.2, 0.25) is 0 Å². The zero-order chi connectivity index (χ0) is 19.9. The molecule has 1 heterocycles. The standard InChI is InChI=1S/C22H18O6/c1-25-17-11-8-15(9-12-17)18(23)13-10-16-5-3-6-19(26-2)21(16)28-22(24)20-7-4-14-27-20/h3-14H,1-2H3. The number of ketones is 1. The van der Waals surface area contributed by atoms with Gasteiger partial charge in [-0.1, -0.05) is 12.1 Å². The lowest BCUT2D eigenvalue weighted by Gasteiger charge is -2.11. The largest absolute Gasteiger partial charge is 0.497 e. The van der Waals surface area contributed by atoms with Crippen LogP contribution in [0.5, 0.6) is 17.2 Å². The number of carbonyl (C=O) groups excluding carboxylic acids is 2. The third-order valence-corrected chi connectivity index (χ3v) is 3.94. The van der Waals surface area contributed by atoms with E-state index in [4.69, 9.17) is 18.6 Å². The molecule has 0 radical (unpaired) electrons. The molecule has 0 saturated carbocycles. The minimum absolute atomic E-state index is 0.0649. The second-order valence-corrected chi connectivity index (χ2v) is 5.67. The maximum Gasteiger partial charge on any atom is 0.379 e. The summed E-state index contributed by atoms with van der Waals surface area (Å²) in [5, 5.41) is 0. The monoisotopic (exact) mass is 378 g/mol. The fraction of sp³-hybridized carbons (Fsp3) is 0.0909. The average molecular weight is 378 g/mol.